The van der Waals surface area contributed by atoms with Crippen LogP contribution in [0.5, 0.6) is 0 Å². The van der Waals surface area contributed by atoms with Crippen molar-refractivity contribution in [2.75, 3.05) is 13.2 Å². The first kappa shape index (κ1) is 15.3. The molecule has 5 atom stereocenters. The highest BCUT2D eigenvalue weighted by atomic mass is 16.7. The van der Waals surface area contributed by atoms with Gasteiger partial charge in [0.15, 0.2) is 6.29 Å². The van der Waals surface area contributed by atoms with Gasteiger partial charge in [-0.25, -0.2) is 0 Å². The fourth-order valence-electron chi connectivity index (χ4n) is 1.63. The number of carboxylic acids is 1. The van der Waals surface area contributed by atoms with Crippen molar-refractivity contribution in [2.45, 2.75) is 43.5 Å². The molecular formula is C10H18O8. The van der Waals surface area contributed by atoms with Crippen LogP contribution in [0.2, 0.25) is 0 Å². The maximum Gasteiger partial charge on any atom is 0.303 e. The molecule has 0 spiro atoms. The lowest BCUT2D eigenvalue weighted by molar-refractivity contribution is -0.301. The zero-order valence-corrected chi connectivity index (χ0v) is 9.68. The maximum absolute atomic E-state index is 10.3. The van der Waals surface area contributed by atoms with E-state index in [-0.39, 0.29) is 19.4 Å². The quantitative estimate of drug-likeness (QED) is 0.337. The standard InChI is InChI=1S/C10H18O8/c11-4-5-7(14)8(15)9(16)10(18-5)17-3-1-2-6(12)13/h5,7-11,14-16H,1-4H2,(H,12,13)/t5-,7-,8+,9+,10+/m1/s1. The normalized spacial score (nSPS) is 36.6. The first-order chi connectivity index (χ1) is 8.47. The van der Waals surface area contributed by atoms with E-state index >= 15 is 0 Å². The second kappa shape index (κ2) is 6.98. The Morgan fingerprint density at radius 2 is 1.83 bits per heavy atom. The van der Waals surface area contributed by atoms with Crippen LogP contribution >= 0.6 is 0 Å². The Balaban J connectivity index is 2.41. The van der Waals surface area contributed by atoms with Crippen LogP contribution < -0.4 is 0 Å². The van der Waals surface area contributed by atoms with Crippen molar-refractivity contribution < 1.29 is 39.8 Å². The number of ether oxygens (including phenoxy) is 2. The summed E-state index contributed by atoms with van der Waals surface area (Å²) in [5.41, 5.74) is 0. The fraction of sp³-hybridized carbons (Fsp3) is 0.900. The Morgan fingerprint density at radius 3 is 2.39 bits per heavy atom. The van der Waals surface area contributed by atoms with Crippen LogP contribution in [0.15, 0.2) is 0 Å². The molecule has 18 heavy (non-hydrogen) atoms. The summed E-state index contributed by atoms with van der Waals surface area (Å²) in [7, 11) is 0. The Bertz CT molecular complexity index is 269. The second-order valence-corrected chi connectivity index (χ2v) is 4.07. The van der Waals surface area contributed by atoms with E-state index < -0.39 is 43.3 Å². The lowest BCUT2D eigenvalue weighted by Crippen LogP contribution is -2.59. The first-order valence-electron chi connectivity index (χ1n) is 5.61. The van der Waals surface area contributed by atoms with Gasteiger partial charge in [0.05, 0.1) is 13.2 Å². The minimum absolute atomic E-state index is 0.0228. The predicted octanol–water partition coefficient (Wildman–Crippen LogP) is -2.33. The van der Waals surface area contributed by atoms with Gasteiger partial charge >= 0.3 is 5.97 Å². The average molecular weight is 266 g/mol. The van der Waals surface area contributed by atoms with Crippen molar-refractivity contribution in [3.05, 3.63) is 0 Å². The van der Waals surface area contributed by atoms with Gasteiger partial charge in [0, 0.05) is 6.42 Å². The molecule has 1 saturated heterocycles. The number of rotatable bonds is 6. The molecule has 0 aromatic carbocycles. The van der Waals surface area contributed by atoms with E-state index in [1.165, 1.54) is 0 Å². The van der Waals surface area contributed by atoms with Gasteiger partial charge in [0.2, 0.25) is 0 Å². The number of hydrogen-bond acceptors (Lipinski definition) is 7. The largest absolute Gasteiger partial charge is 0.481 e. The Morgan fingerprint density at radius 1 is 1.17 bits per heavy atom. The molecule has 1 aliphatic rings. The topological polar surface area (TPSA) is 137 Å². The number of aliphatic hydroxyl groups excluding tert-OH is 4. The predicted molar refractivity (Wildman–Crippen MR) is 56.6 cm³/mol. The summed E-state index contributed by atoms with van der Waals surface area (Å²) in [6.45, 7) is -0.505. The van der Waals surface area contributed by atoms with Crippen LogP contribution in [-0.4, -0.2) is 75.4 Å². The zero-order chi connectivity index (χ0) is 13.7. The minimum Gasteiger partial charge on any atom is -0.481 e. The van der Waals surface area contributed by atoms with Crippen LogP contribution in [-0.2, 0) is 14.3 Å². The monoisotopic (exact) mass is 266 g/mol. The molecule has 1 heterocycles. The van der Waals surface area contributed by atoms with E-state index in [2.05, 4.69) is 0 Å². The molecule has 0 radical (unpaired) electrons. The fourth-order valence-corrected chi connectivity index (χ4v) is 1.63. The van der Waals surface area contributed by atoms with Crippen molar-refractivity contribution in [1.82, 2.24) is 0 Å². The third-order valence-corrected chi connectivity index (χ3v) is 2.67. The van der Waals surface area contributed by atoms with Crippen molar-refractivity contribution in [3.8, 4) is 0 Å². The molecule has 0 bridgehead atoms. The number of carboxylic acid groups (broad SMARTS) is 1. The maximum atomic E-state index is 10.3. The Hall–Kier alpha value is -0.770. The van der Waals surface area contributed by atoms with Crippen LogP contribution in [0, 0.1) is 0 Å². The highest BCUT2D eigenvalue weighted by Gasteiger charge is 2.43. The van der Waals surface area contributed by atoms with Crippen LogP contribution in [0.1, 0.15) is 12.8 Å². The lowest BCUT2D eigenvalue weighted by atomic mass is 9.99. The van der Waals surface area contributed by atoms with E-state index in [1.807, 2.05) is 0 Å². The van der Waals surface area contributed by atoms with Crippen molar-refractivity contribution >= 4 is 5.97 Å². The number of aliphatic hydroxyl groups is 4. The Labute approximate surface area is 103 Å². The Kier molecular flexibility index (Phi) is 5.93. The van der Waals surface area contributed by atoms with Crippen LogP contribution in [0.3, 0.4) is 0 Å². The molecule has 1 rings (SSSR count). The SMILES string of the molecule is O=C(O)CCCO[C@H]1O[C@H](CO)[C@@H](O)[C@H](O)[C@@H]1O. The van der Waals surface area contributed by atoms with Gasteiger partial charge in [-0.2, -0.15) is 0 Å². The molecule has 8 nitrogen and oxygen atoms in total. The molecule has 8 heteroatoms. The molecule has 0 unspecified atom stereocenters. The summed E-state index contributed by atoms with van der Waals surface area (Å²) >= 11 is 0. The van der Waals surface area contributed by atoms with Crippen molar-refractivity contribution in [3.63, 3.8) is 0 Å². The van der Waals surface area contributed by atoms with Crippen LogP contribution in [0.4, 0.5) is 0 Å². The molecule has 0 aliphatic carbocycles. The molecule has 0 aromatic rings. The summed E-state index contributed by atoms with van der Waals surface area (Å²) in [6, 6.07) is 0. The van der Waals surface area contributed by atoms with E-state index in [4.69, 9.17) is 19.7 Å². The second-order valence-electron chi connectivity index (χ2n) is 4.07. The summed E-state index contributed by atoms with van der Waals surface area (Å²) in [5, 5.41) is 45.8. The summed E-state index contributed by atoms with van der Waals surface area (Å²) < 4.78 is 10.1. The minimum atomic E-state index is -1.49. The lowest BCUT2D eigenvalue weighted by Gasteiger charge is -2.39. The van der Waals surface area contributed by atoms with Gasteiger partial charge in [-0.05, 0) is 6.42 Å². The average Bonchev–Trinajstić information content (AvgIpc) is 2.34. The summed E-state index contributed by atoms with van der Waals surface area (Å²) in [4.78, 5) is 10.3. The number of carbonyl (C=O) groups is 1. The van der Waals surface area contributed by atoms with E-state index in [9.17, 15) is 20.1 Å². The van der Waals surface area contributed by atoms with Crippen LogP contribution in [0.25, 0.3) is 0 Å². The van der Waals surface area contributed by atoms with Gasteiger partial charge in [-0.3, -0.25) is 4.79 Å². The molecule has 5 N–H and O–H groups in total. The summed E-state index contributed by atoms with van der Waals surface area (Å²) in [5.74, 6) is -0.965. The van der Waals surface area contributed by atoms with Crippen molar-refractivity contribution in [2.24, 2.45) is 0 Å². The van der Waals surface area contributed by atoms with E-state index in [1.54, 1.807) is 0 Å². The highest BCUT2D eigenvalue weighted by molar-refractivity contribution is 5.66. The van der Waals surface area contributed by atoms with E-state index in [0.717, 1.165) is 0 Å². The van der Waals surface area contributed by atoms with Crippen molar-refractivity contribution in [1.29, 1.82) is 0 Å². The molecule has 1 fully saturated rings. The van der Waals surface area contributed by atoms with Gasteiger partial charge in [0.25, 0.3) is 0 Å². The third-order valence-electron chi connectivity index (χ3n) is 2.67. The zero-order valence-electron chi connectivity index (χ0n) is 9.68. The number of aliphatic carboxylic acids is 1. The molecular weight excluding hydrogens is 248 g/mol. The molecule has 106 valence electrons. The molecule has 0 aromatic heterocycles. The van der Waals surface area contributed by atoms with Gasteiger partial charge in [-0.15, -0.1) is 0 Å². The third kappa shape index (κ3) is 3.87. The molecule has 0 saturated carbocycles. The number of hydrogen-bond donors (Lipinski definition) is 5. The van der Waals surface area contributed by atoms with Gasteiger partial charge < -0.3 is 35.0 Å². The van der Waals surface area contributed by atoms with Gasteiger partial charge in [-0.1, -0.05) is 0 Å². The molecule has 0 amide bonds. The smallest absolute Gasteiger partial charge is 0.303 e. The van der Waals surface area contributed by atoms with E-state index in [0.29, 0.717) is 0 Å². The first-order valence-corrected chi connectivity index (χ1v) is 5.61. The summed E-state index contributed by atoms with van der Waals surface area (Å²) in [6.07, 6.45) is -6.44. The molecule has 1 aliphatic heterocycles. The highest BCUT2D eigenvalue weighted by Crippen LogP contribution is 2.21. The van der Waals surface area contributed by atoms with Gasteiger partial charge in [0.1, 0.15) is 24.4 Å².